The summed E-state index contributed by atoms with van der Waals surface area (Å²) in [7, 11) is 0. The number of hydrogen-bond acceptors (Lipinski definition) is 3. The first-order valence-electron chi connectivity index (χ1n) is 7.51. The highest BCUT2D eigenvalue weighted by Gasteiger charge is 2.08. The molecule has 0 saturated heterocycles. The quantitative estimate of drug-likeness (QED) is 0.729. The zero-order valence-electron chi connectivity index (χ0n) is 12.7. The van der Waals surface area contributed by atoms with Gasteiger partial charge in [0.1, 0.15) is 0 Å². The van der Waals surface area contributed by atoms with Crippen molar-refractivity contribution in [2.45, 2.75) is 39.7 Å². The number of benzene rings is 1. The van der Waals surface area contributed by atoms with Crippen molar-refractivity contribution < 1.29 is 4.79 Å². The molecule has 4 nitrogen and oxygen atoms in total. The van der Waals surface area contributed by atoms with Gasteiger partial charge in [-0.05, 0) is 31.1 Å². The highest BCUT2D eigenvalue weighted by molar-refractivity contribution is 5.91. The van der Waals surface area contributed by atoms with Crippen LogP contribution >= 0.6 is 0 Å². The number of carbonyl (C=O) groups is 1. The number of nitrogens with one attached hydrogen (secondary N) is 1. The monoisotopic (exact) mass is 277 g/mol. The van der Waals surface area contributed by atoms with E-state index in [1.54, 1.807) is 0 Å². The summed E-state index contributed by atoms with van der Waals surface area (Å²) in [6.45, 7) is 7.63. The third kappa shape index (κ3) is 5.72. The first-order valence-corrected chi connectivity index (χ1v) is 7.51. The predicted molar refractivity (Wildman–Crippen MR) is 84.6 cm³/mol. The third-order valence-corrected chi connectivity index (χ3v) is 3.44. The van der Waals surface area contributed by atoms with E-state index < -0.39 is 0 Å². The maximum atomic E-state index is 12.0. The Balaban J connectivity index is 2.43. The summed E-state index contributed by atoms with van der Waals surface area (Å²) in [6, 6.07) is 7.68. The third-order valence-electron chi connectivity index (χ3n) is 3.44. The second-order valence-corrected chi connectivity index (χ2v) is 4.95. The molecule has 0 saturated carbocycles. The molecule has 0 aliphatic heterocycles. The zero-order chi connectivity index (χ0) is 14.8. The largest absolute Gasteiger partial charge is 0.326 e. The molecule has 0 heterocycles. The molecule has 0 aliphatic carbocycles. The number of para-hydroxylation sites is 1. The van der Waals surface area contributed by atoms with Crippen molar-refractivity contribution >= 4 is 11.6 Å². The fourth-order valence-electron chi connectivity index (χ4n) is 2.10. The van der Waals surface area contributed by atoms with Gasteiger partial charge in [0, 0.05) is 25.2 Å². The van der Waals surface area contributed by atoms with Crippen LogP contribution in [0, 0.1) is 0 Å². The molecule has 1 rings (SSSR count). The zero-order valence-corrected chi connectivity index (χ0v) is 12.7. The minimum absolute atomic E-state index is 0.0563. The molecule has 0 atom stereocenters. The average Bonchev–Trinajstić information content (AvgIpc) is 2.48. The summed E-state index contributed by atoms with van der Waals surface area (Å²) < 4.78 is 0. The van der Waals surface area contributed by atoms with Gasteiger partial charge in [-0.25, -0.2) is 0 Å². The lowest BCUT2D eigenvalue weighted by molar-refractivity contribution is -0.116. The molecule has 0 aliphatic rings. The van der Waals surface area contributed by atoms with Gasteiger partial charge < -0.3 is 16.0 Å². The van der Waals surface area contributed by atoms with Crippen molar-refractivity contribution in [3.63, 3.8) is 0 Å². The molecule has 1 aromatic rings. The van der Waals surface area contributed by atoms with E-state index >= 15 is 0 Å². The van der Waals surface area contributed by atoms with Crippen LogP contribution in [-0.4, -0.2) is 30.4 Å². The highest BCUT2D eigenvalue weighted by atomic mass is 16.1. The maximum Gasteiger partial charge on any atom is 0.225 e. The van der Waals surface area contributed by atoms with E-state index in [-0.39, 0.29) is 5.91 Å². The van der Waals surface area contributed by atoms with Crippen molar-refractivity contribution in [1.29, 1.82) is 0 Å². The molecule has 0 aromatic heterocycles. The van der Waals surface area contributed by atoms with Crippen LogP contribution in [0.2, 0.25) is 0 Å². The fourth-order valence-corrected chi connectivity index (χ4v) is 2.10. The van der Waals surface area contributed by atoms with Crippen molar-refractivity contribution in [1.82, 2.24) is 4.90 Å². The van der Waals surface area contributed by atoms with Crippen LogP contribution < -0.4 is 11.1 Å². The number of rotatable bonds is 9. The Labute approximate surface area is 122 Å². The summed E-state index contributed by atoms with van der Waals surface area (Å²) in [4.78, 5) is 14.3. The Morgan fingerprint density at radius 3 is 2.65 bits per heavy atom. The number of nitrogens with two attached hydrogens (primary N) is 1. The molecule has 20 heavy (non-hydrogen) atoms. The SMILES string of the molecule is CCCCN(CC)CCC(=O)Nc1ccccc1CN. The Morgan fingerprint density at radius 1 is 1.25 bits per heavy atom. The van der Waals surface area contributed by atoms with Gasteiger partial charge >= 0.3 is 0 Å². The van der Waals surface area contributed by atoms with Crippen LogP contribution in [0.4, 0.5) is 5.69 Å². The molecule has 0 unspecified atom stereocenters. The second-order valence-electron chi connectivity index (χ2n) is 4.95. The van der Waals surface area contributed by atoms with E-state index in [4.69, 9.17) is 5.73 Å². The van der Waals surface area contributed by atoms with Gasteiger partial charge in [-0.1, -0.05) is 38.5 Å². The summed E-state index contributed by atoms with van der Waals surface area (Å²) >= 11 is 0. The molecule has 0 bridgehead atoms. The topological polar surface area (TPSA) is 58.4 Å². The van der Waals surface area contributed by atoms with Crippen molar-refractivity contribution in [3.8, 4) is 0 Å². The van der Waals surface area contributed by atoms with Gasteiger partial charge in [0.15, 0.2) is 0 Å². The molecular formula is C16H27N3O. The van der Waals surface area contributed by atoms with Gasteiger partial charge in [0.25, 0.3) is 0 Å². The minimum atomic E-state index is 0.0563. The lowest BCUT2D eigenvalue weighted by atomic mass is 10.1. The number of anilines is 1. The summed E-state index contributed by atoms with van der Waals surface area (Å²) in [5.74, 6) is 0.0563. The van der Waals surface area contributed by atoms with Crippen LogP contribution in [0.5, 0.6) is 0 Å². The predicted octanol–water partition coefficient (Wildman–Crippen LogP) is 2.60. The highest BCUT2D eigenvalue weighted by Crippen LogP contribution is 2.14. The summed E-state index contributed by atoms with van der Waals surface area (Å²) in [5, 5.41) is 2.95. The lowest BCUT2D eigenvalue weighted by Gasteiger charge is -2.19. The average molecular weight is 277 g/mol. The Kier molecular flexibility index (Phi) is 7.92. The van der Waals surface area contributed by atoms with Crippen LogP contribution in [-0.2, 0) is 11.3 Å². The van der Waals surface area contributed by atoms with Crippen molar-refractivity contribution in [3.05, 3.63) is 29.8 Å². The second kappa shape index (κ2) is 9.50. The number of carbonyl (C=O) groups excluding carboxylic acids is 1. The van der Waals surface area contributed by atoms with Gasteiger partial charge in [0.2, 0.25) is 5.91 Å². The first-order chi connectivity index (χ1) is 9.71. The molecule has 0 spiro atoms. The minimum Gasteiger partial charge on any atom is -0.326 e. The van der Waals surface area contributed by atoms with Gasteiger partial charge in [-0.3, -0.25) is 4.79 Å². The van der Waals surface area contributed by atoms with Crippen LogP contribution in [0.3, 0.4) is 0 Å². The van der Waals surface area contributed by atoms with Crippen LogP contribution in [0.25, 0.3) is 0 Å². The molecule has 4 heteroatoms. The molecule has 1 amide bonds. The number of nitrogens with zero attached hydrogens (tertiary/aromatic N) is 1. The van der Waals surface area contributed by atoms with E-state index in [2.05, 4.69) is 24.1 Å². The maximum absolute atomic E-state index is 12.0. The molecule has 0 radical (unpaired) electrons. The molecule has 3 N–H and O–H groups in total. The van der Waals surface area contributed by atoms with Gasteiger partial charge in [0.05, 0.1) is 0 Å². The van der Waals surface area contributed by atoms with E-state index in [0.717, 1.165) is 30.9 Å². The summed E-state index contributed by atoms with van der Waals surface area (Å²) in [6.07, 6.45) is 2.90. The van der Waals surface area contributed by atoms with Crippen molar-refractivity contribution in [2.75, 3.05) is 25.0 Å². The number of unbranched alkanes of at least 4 members (excludes halogenated alkanes) is 1. The molecule has 112 valence electrons. The number of amides is 1. The van der Waals surface area contributed by atoms with E-state index in [9.17, 15) is 4.79 Å². The Hall–Kier alpha value is -1.39. The molecular weight excluding hydrogens is 250 g/mol. The Bertz CT molecular complexity index is 406. The van der Waals surface area contributed by atoms with Crippen LogP contribution in [0.15, 0.2) is 24.3 Å². The normalized spacial score (nSPS) is 10.8. The van der Waals surface area contributed by atoms with E-state index in [0.29, 0.717) is 13.0 Å². The molecule has 1 aromatic carbocycles. The Morgan fingerprint density at radius 2 is 2.00 bits per heavy atom. The van der Waals surface area contributed by atoms with E-state index in [1.165, 1.54) is 12.8 Å². The van der Waals surface area contributed by atoms with Crippen molar-refractivity contribution in [2.24, 2.45) is 5.73 Å². The fraction of sp³-hybridized carbons (Fsp3) is 0.562. The summed E-state index contributed by atoms with van der Waals surface area (Å²) in [5.41, 5.74) is 7.47. The standard InChI is InChI=1S/C16H27N3O/c1-3-5-11-19(4-2)12-10-16(20)18-15-9-7-6-8-14(15)13-17/h6-9H,3-5,10-13,17H2,1-2H3,(H,18,20). The lowest BCUT2D eigenvalue weighted by Crippen LogP contribution is -2.28. The molecule has 0 fully saturated rings. The smallest absolute Gasteiger partial charge is 0.225 e. The van der Waals surface area contributed by atoms with Crippen LogP contribution in [0.1, 0.15) is 38.7 Å². The first kappa shape index (κ1) is 16.7. The van der Waals surface area contributed by atoms with Gasteiger partial charge in [-0.2, -0.15) is 0 Å². The van der Waals surface area contributed by atoms with E-state index in [1.807, 2.05) is 24.3 Å². The number of hydrogen-bond donors (Lipinski definition) is 2. The van der Waals surface area contributed by atoms with Gasteiger partial charge in [-0.15, -0.1) is 0 Å².